The van der Waals surface area contributed by atoms with Crippen LogP contribution in [0.5, 0.6) is 5.88 Å². The molecule has 27 heavy (non-hydrogen) atoms. The Balaban J connectivity index is 2.26. The van der Waals surface area contributed by atoms with Crippen LogP contribution in [0.4, 0.5) is 0 Å². The third-order valence-electron chi connectivity index (χ3n) is 3.43. The Bertz CT molecular complexity index is 656. The van der Waals surface area contributed by atoms with Gasteiger partial charge in [-0.15, -0.1) is 0 Å². The summed E-state index contributed by atoms with van der Waals surface area (Å²) in [5.41, 5.74) is 0. The standard InChI is InChI=1S/C17H29NO8S/c1-5-23-17(19)16(13(2)3)14-12-15(18-26-14)24-10-6-8-22-9-7-11-25-27(4,20)21/h12-13,16H,5-11H2,1-4H3. The zero-order chi connectivity index (χ0) is 20.3. The van der Waals surface area contributed by atoms with Gasteiger partial charge in [0.2, 0.25) is 0 Å². The Morgan fingerprint density at radius 3 is 2.44 bits per heavy atom. The van der Waals surface area contributed by atoms with Gasteiger partial charge in [0, 0.05) is 25.7 Å². The molecule has 0 aromatic carbocycles. The van der Waals surface area contributed by atoms with Crippen LogP contribution in [0.3, 0.4) is 0 Å². The Kier molecular flexibility index (Phi) is 10.3. The second kappa shape index (κ2) is 11.9. The summed E-state index contributed by atoms with van der Waals surface area (Å²) in [6.45, 7) is 7.21. The van der Waals surface area contributed by atoms with Crippen molar-refractivity contribution in [2.75, 3.05) is 39.3 Å². The SMILES string of the molecule is CCOC(=O)C(c1cc(OCCCOCCCOS(C)(=O)=O)no1)C(C)C. The lowest BCUT2D eigenvalue weighted by Gasteiger charge is -2.15. The number of carbonyl (C=O) groups excluding carboxylic acids is 1. The quantitative estimate of drug-likeness (QED) is 0.260. The molecule has 1 aromatic heterocycles. The van der Waals surface area contributed by atoms with Crippen molar-refractivity contribution in [1.82, 2.24) is 5.16 Å². The highest BCUT2D eigenvalue weighted by atomic mass is 32.2. The lowest BCUT2D eigenvalue weighted by atomic mass is 9.93. The van der Waals surface area contributed by atoms with E-state index >= 15 is 0 Å². The van der Waals surface area contributed by atoms with Gasteiger partial charge in [-0.3, -0.25) is 8.98 Å². The number of hydrogen-bond donors (Lipinski definition) is 0. The van der Waals surface area contributed by atoms with Crippen molar-refractivity contribution >= 4 is 16.1 Å². The molecule has 0 radical (unpaired) electrons. The van der Waals surface area contributed by atoms with Crippen LogP contribution in [0.1, 0.15) is 45.3 Å². The highest BCUT2D eigenvalue weighted by Crippen LogP contribution is 2.28. The molecule has 0 saturated heterocycles. The molecule has 0 N–H and O–H groups in total. The van der Waals surface area contributed by atoms with E-state index in [9.17, 15) is 13.2 Å². The summed E-state index contributed by atoms with van der Waals surface area (Å²) in [4.78, 5) is 12.0. The molecule has 1 unspecified atom stereocenters. The normalized spacial score (nSPS) is 12.9. The fourth-order valence-electron chi connectivity index (χ4n) is 2.25. The lowest BCUT2D eigenvalue weighted by molar-refractivity contribution is -0.146. The van der Waals surface area contributed by atoms with Gasteiger partial charge in [-0.25, -0.2) is 0 Å². The Labute approximate surface area is 160 Å². The van der Waals surface area contributed by atoms with E-state index in [1.165, 1.54) is 0 Å². The third-order valence-corrected chi connectivity index (χ3v) is 4.03. The lowest BCUT2D eigenvalue weighted by Crippen LogP contribution is -2.20. The number of carbonyl (C=O) groups is 1. The third kappa shape index (κ3) is 9.73. The van der Waals surface area contributed by atoms with Gasteiger partial charge < -0.3 is 18.7 Å². The summed E-state index contributed by atoms with van der Waals surface area (Å²) in [6.07, 6.45) is 2.13. The first-order valence-electron chi connectivity index (χ1n) is 8.92. The van der Waals surface area contributed by atoms with Gasteiger partial charge in [0.1, 0.15) is 5.92 Å². The smallest absolute Gasteiger partial charge is 0.317 e. The second-order valence-electron chi connectivity index (χ2n) is 6.24. The van der Waals surface area contributed by atoms with Gasteiger partial charge in [0.05, 0.1) is 26.1 Å². The average Bonchev–Trinajstić information content (AvgIpc) is 3.00. The molecule has 9 nitrogen and oxygen atoms in total. The first-order chi connectivity index (χ1) is 12.7. The van der Waals surface area contributed by atoms with E-state index in [-0.39, 0.29) is 18.5 Å². The number of nitrogens with zero attached hydrogens (tertiary/aromatic N) is 1. The first-order valence-corrected chi connectivity index (χ1v) is 10.7. The predicted octanol–water partition coefficient (Wildman–Crippen LogP) is 2.13. The van der Waals surface area contributed by atoms with Gasteiger partial charge in [-0.1, -0.05) is 13.8 Å². The molecule has 0 aliphatic rings. The van der Waals surface area contributed by atoms with E-state index in [1.807, 2.05) is 13.8 Å². The summed E-state index contributed by atoms with van der Waals surface area (Å²) >= 11 is 0. The van der Waals surface area contributed by atoms with Gasteiger partial charge in [-0.2, -0.15) is 8.42 Å². The molecule has 1 atom stereocenters. The van der Waals surface area contributed by atoms with E-state index in [0.717, 1.165) is 6.26 Å². The molecule has 1 heterocycles. The molecule has 156 valence electrons. The van der Waals surface area contributed by atoms with Gasteiger partial charge >= 0.3 is 5.97 Å². The maximum absolute atomic E-state index is 12.0. The Hall–Kier alpha value is -1.65. The highest BCUT2D eigenvalue weighted by molar-refractivity contribution is 7.85. The number of rotatable bonds is 14. The molecular formula is C17H29NO8S. The minimum absolute atomic E-state index is 0.00456. The zero-order valence-electron chi connectivity index (χ0n) is 16.3. The van der Waals surface area contributed by atoms with Crippen LogP contribution in [0.2, 0.25) is 0 Å². The highest BCUT2D eigenvalue weighted by Gasteiger charge is 2.29. The van der Waals surface area contributed by atoms with Crippen molar-refractivity contribution in [3.05, 3.63) is 11.8 Å². The fraction of sp³-hybridized carbons (Fsp3) is 0.765. The molecule has 0 aliphatic carbocycles. The topological polar surface area (TPSA) is 114 Å². The molecule has 10 heteroatoms. The maximum atomic E-state index is 12.0. The molecule has 0 aliphatic heterocycles. The van der Waals surface area contributed by atoms with E-state index in [4.69, 9.17) is 18.7 Å². The predicted molar refractivity (Wildman–Crippen MR) is 97.1 cm³/mol. The van der Waals surface area contributed by atoms with Crippen molar-refractivity contribution in [2.45, 2.75) is 39.5 Å². The molecule has 0 amide bonds. The van der Waals surface area contributed by atoms with Crippen molar-refractivity contribution in [3.8, 4) is 5.88 Å². The fourth-order valence-corrected chi connectivity index (χ4v) is 2.67. The van der Waals surface area contributed by atoms with Crippen LogP contribution in [0.25, 0.3) is 0 Å². The largest absolute Gasteiger partial charge is 0.475 e. The minimum Gasteiger partial charge on any atom is -0.475 e. The molecule has 0 saturated carbocycles. The molecule has 0 spiro atoms. The van der Waals surface area contributed by atoms with Gasteiger partial charge in [0.25, 0.3) is 16.0 Å². The molecule has 0 bridgehead atoms. The summed E-state index contributed by atoms with van der Waals surface area (Å²) < 4.78 is 47.3. The monoisotopic (exact) mass is 407 g/mol. The van der Waals surface area contributed by atoms with E-state index in [2.05, 4.69) is 9.34 Å². The van der Waals surface area contributed by atoms with E-state index < -0.39 is 16.0 Å². The molecule has 1 rings (SSSR count). The van der Waals surface area contributed by atoms with Crippen molar-refractivity contribution in [2.24, 2.45) is 5.92 Å². The molecule has 1 aromatic rings. The van der Waals surface area contributed by atoms with Crippen LogP contribution < -0.4 is 4.74 Å². The van der Waals surface area contributed by atoms with Gasteiger partial charge in [0.15, 0.2) is 5.76 Å². The van der Waals surface area contributed by atoms with E-state index in [0.29, 0.717) is 50.9 Å². The van der Waals surface area contributed by atoms with Crippen LogP contribution in [0.15, 0.2) is 10.6 Å². The van der Waals surface area contributed by atoms with Crippen LogP contribution >= 0.6 is 0 Å². The van der Waals surface area contributed by atoms with Crippen molar-refractivity contribution < 1.29 is 36.1 Å². The van der Waals surface area contributed by atoms with Crippen molar-refractivity contribution in [3.63, 3.8) is 0 Å². The number of aromatic nitrogens is 1. The number of ether oxygens (including phenoxy) is 3. The number of esters is 1. The van der Waals surface area contributed by atoms with E-state index in [1.54, 1.807) is 13.0 Å². The summed E-state index contributed by atoms with van der Waals surface area (Å²) in [5.74, 6) is -0.136. The van der Waals surface area contributed by atoms with Crippen LogP contribution in [-0.2, 0) is 28.6 Å². The second-order valence-corrected chi connectivity index (χ2v) is 7.88. The first kappa shape index (κ1) is 23.4. The van der Waals surface area contributed by atoms with Crippen molar-refractivity contribution in [1.29, 1.82) is 0 Å². The Morgan fingerprint density at radius 1 is 1.19 bits per heavy atom. The molecule has 0 fully saturated rings. The summed E-state index contributed by atoms with van der Waals surface area (Å²) in [7, 11) is -3.39. The average molecular weight is 407 g/mol. The van der Waals surface area contributed by atoms with Crippen LogP contribution in [-0.4, -0.2) is 58.8 Å². The van der Waals surface area contributed by atoms with Crippen LogP contribution in [0, 0.1) is 5.92 Å². The van der Waals surface area contributed by atoms with Gasteiger partial charge in [-0.05, 0) is 24.4 Å². The minimum atomic E-state index is -3.39. The maximum Gasteiger partial charge on any atom is 0.317 e. The number of hydrogen-bond acceptors (Lipinski definition) is 9. The molecular weight excluding hydrogens is 378 g/mol. The summed E-state index contributed by atoms with van der Waals surface area (Å²) in [6, 6.07) is 1.60. The Morgan fingerprint density at radius 2 is 1.85 bits per heavy atom. The zero-order valence-corrected chi connectivity index (χ0v) is 17.1. The summed E-state index contributed by atoms with van der Waals surface area (Å²) in [5, 5.41) is 3.82.